The summed E-state index contributed by atoms with van der Waals surface area (Å²) >= 11 is 0. The third-order valence-electron chi connectivity index (χ3n) is 17.9. The molecule has 0 radical (unpaired) electrons. The first kappa shape index (κ1) is 77.2. The molecule has 5 unspecified atom stereocenters. The molecule has 84 heavy (non-hydrogen) atoms. The van der Waals surface area contributed by atoms with Crippen molar-refractivity contribution in [2.24, 2.45) is 29.6 Å². The van der Waals surface area contributed by atoms with Gasteiger partial charge in [0.1, 0.15) is 31.0 Å². The van der Waals surface area contributed by atoms with Crippen molar-refractivity contribution in [3.05, 3.63) is 142 Å². The monoisotopic (exact) mass is 1160 g/mol. The van der Waals surface area contributed by atoms with E-state index in [1.807, 2.05) is 0 Å². The number of amides is 1. The van der Waals surface area contributed by atoms with Crippen LogP contribution in [0.3, 0.4) is 0 Å². The van der Waals surface area contributed by atoms with Crippen LogP contribution in [0, 0.1) is 48.1 Å². The number of fused-ring (bicyclic) bond motifs is 1. The molecule has 2 N–H and O–H groups in total. The van der Waals surface area contributed by atoms with Crippen LogP contribution in [0.2, 0.25) is 0 Å². The second-order valence-electron chi connectivity index (χ2n) is 25.7. The summed E-state index contributed by atoms with van der Waals surface area (Å²) in [6.45, 7) is 49.6. The van der Waals surface area contributed by atoms with Crippen molar-refractivity contribution in [3.8, 4) is 0 Å². The molecule has 5 nitrogen and oxygen atoms in total. The Bertz CT molecular complexity index is 2390. The Labute approximate surface area is 517 Å². The second kappa shape index (κ2) is 43.8. The van der Waals surface area contributed by atoms with Gasteiger partial charge in [0.05, 0.1) is 11.4 Å². The van der Waals surface area contributed by atoms with Gasteiger partial charge in [0, 0.05) is 44.1 Å². The first-order chi connectivity index (χ1) is 39.9. The summed E-state index contributed by atoms with van der Waals surface area (Å²) < 4.78 is 28.8. The van der Waals surface area contributed by atoms with E-state index in [-0.39, 0.29) is 11.8 Å². The Morgan fingerprint density at radius 1 is 0.726 bits per heavy atom. The normalized spacial score (nSPS) is 17.3. The van der Waals surface area contributed by atoms with E-state index < -0.39 is 11.6 Å². The zero-order chi connectivity index (χ0) is 63.3. The summed E-state index contributed by atoms with van der Waals surface area (Å²) in [7, 11) is 4.33. The number of hydrogen-bond acceptors (Lipinski definition) is 3. The van der Waals surface area contributed by atoms with Gasteiger partial charge in [-0.2, -0.15) is 0 Å². The highest BCUT2D eigenvalue weighted by Crippen LogP contribution is 2.37. The fourth-order valence-corrected chi connectivity index (χ4v) is 10.5. The number of halogens is 2. The van der Waals surface area contributed by atoms with Crippen molar-refractivity contribution in [2.45, 2.75) is 271 Å². The van der Waals surface area contributed by atoms with Crippen LogP contribution in [-0.2, 0) is 4.79 Å². The molecule has 7 heteroatoms. The van der Waals surface area contributed by atoms with Crippen molar-refractivity contribution < 1.29 is 18.2 Å². The Morgan fingerprint density at radius 2 is 1.36 bits per heavy atom. The van der Waals surface area contributed by atoms with Crippen LogP contribution in [0.25, 0.3) is 0 Å². The lowest BCUT2D eigenvalue weighted by Gasteiger charge is -2.22. The predicted octanol–water partition coefficient (Wildman–Crippen LogP) is 23.4. The lowest BCUT2D eigenvalue weighted by molar-refractivity contribution is -0.498. The van der Waals surface area contributed by atoms with Gasteiger partial charge in [-0.25, -0.2) is 13.4 Å². The van der Waals surface area contributed by atoms with E-state index in [0.29, 0.717) is 18.3 Å². The van der Waals surface area contributed by atoms with Crippen molar-refractivity contribution in [2.75, 3.05) is 30.9 Å². The van der Waals surface area contributed by atoms with Crippen molar-refractivity contribution in [1.82, 2.24) is 5.32 Å². The summed E-state index contributed by atoms with van der Waals surface area (Å²) in [4.78, 5) is 12.8. The lowest BCUT2D eigenvalue weighted by atomic mass is 9.83. The van der Waals surface area contributed by atoms with Gasteiger partial charge in [0.25, 0.3) is 0 Å². The molecule has 5 atom stereocenters. The van der Waals surface area contributed by atoms with Gasteiger partial charge in [0.15, 0.2) is 5.71 Å². The second-order valence-corrected chi connectivity index (χ2v) is 25.7. The van der Waals surface area contributed by atoms with Gasteiger partial charge in [-0.15, -0.1) is 0 Å². The number of hydrogen-bond donors (Lipinski definition) is 2. The van der Waals surface area contributed by atoms with Crippen LogP contribution in [0.15, 0.2) is 119 Å². The van der Waals surface area contributed by atoms with Crippen LogP contribution in [-0.4, -0.2) is 36.8 Å². The van der Waals surface area contributed by atoms with Crippen LogP contribution in [0.5, 0.6) is 0 Å². The minimum atomic E-state index is -0.478. The maximum Gasteiger partial charge on any atom is 0.224 e. The highest BCUT2D eigenvalue weighted by molar-refractivity contribution is 6.00. The number of unbranched alkanes of at least 4 members (excludes halogenated alkanes) is 3. The highest BCUT2D eigenvalue weighted by Gasteiger charge is 2.24. The van der Waals surface area contributed by atoms with Gasteiger partial charge in [0.2, 0.25) is 5.91 Å². The van der Waals surface area contributed by atoms with Gasteiger partial charge in [-0.05, 0) is 165 Å². The first-order valence-corrected chi connectivity index (χ1v) is 33.7. The topological polar surface area (TPSA) is 47.4 Å². The number of carbonyl (C=O) groups is 1. The summed E-state index contributed by atoms with van der Waals surface area (Å²) in [5.74, 6) is 4.09. The van der Waals surface area contributed by atoms with Gasteiger partial charge >= 0.3 is 0 Å². The standard InChI is InChI=1S/C35H50N3.C17H26F2.C9H20.C6H9NO.C5H10.C5H12/c1-11-25(4)27(6)22-31(23-28(7)35-29(8)37(9)20-19-30(35)12-2)26(5)15-13-14-16-34-36-32-18-17-24(3)21-33(32)38(34)10;1-5-6-12(2)7-8-13(3)14(4)15-9-16(18)11-17(19)10-15;1-4-6-7-8-9(3)5-2;1-5-3-2-4-6(8)7-5;1-2-4-5-3-1;1-4-5(2)3/h16-18,21-23,25,36H,5,7,11-15,19-20H2,1-4,6,8-10H3;9-14H,5-8H2,1-4H3;9H,4-8H2,1-3H3;1-4H2,(H,7,8);1-5H2;5H,4H2,1-3H3/q+1;;;;;/b27-22-,31-23+,34-16-;;;;;. The molecule has 2 aromatic carbocycles. The summed E-state index contributed by atoms with van der Waals surface area (Å²) in [5.41, 5.74) is 14.5. The van der Waals surface area contributed by atoms with E-state index in [0.717, 1.165) is 105 Å². The number of nitrogens with one attached hydrogen (secondary N) is 2. The minimum absolute atomic E-state index is 0.112. The molecule has 3 heterocycles. The molecule has 2 fully saturated rings. The lowest BCUT2D eigenvalue weighted by Crippen LogP contribution is -2.25. The van der Waals surface area contributed by atoms with Crippen LogP contribution in [0.1, 0.15) is 275 Å². The van der Waals surface area contributed by atoms with Gasteiger partial charge in [-0.3, -0.25) is 4.79 Å². The highest BCUT2D eigenvalue weighted by atomic mass is 19.1. The van der Waals surface area contributed by atoms with E-state index in [1.54, 1.807) is 0 Å². The zero-order valence-corrected chi connectivity index (χ0v) is 57.5. The Kier molecular flexibility index (Phi) is 40.3. The van der Waals surface area contributed by atoms with Crippen LogP contribution >= 0.6 is 0 Å². The molecule has 0 spiro atoms. The molecule has 1 aliphatic carbocycles. The van der Waals surface area contributed by atoms with Crippen molar-refractivity contribution >= 4 is 23.0 Å². The van der Waals surface area contributed by atoms with E-state index in [4.69, 9.17) is 0 Å². The molecule has 1 amide bonds. The van der Waals surface area contributed by atoms with Crippen LogP contribution < -0.4 is 15.5 Å². The van der Waals surface area contributed by atoms with Crippen molar-refractivity contribution in [1.29, 1.82) is 0 Å². The molecule has 2 aromatic rings. The van der Waals surface area contributed by atoms with E-state index in [1.165, 1.54) is 158 Å². The SMILES string of the molecule is C1CCCC1.C=C(/C=C(\C=C(\C)C(C)CC)C(=C)CCC/C=C1/Nc2ccc(C)cc2N1C)C1=C(CC)CC[N+](C)=C1C.C=C1CCCC(=O)N1.CCC(C)C.CCCC(C)CCC(C)C(C)c1cc(F)cc(F)c1.CCCCCC(C)CC. The third-order valence-corrected chi connectivity index (χ3v) is 17.9. The molecule has 474 valence electrons. The third kappa shape index (κ3) is 31.0. The predicted molar refractivity (Wildman–Crippen MR) is 369 cm³/mol. The fourth-order valence-electron chi connectivity index (χ4n) is 10.5. The summed E-state index contributed by atoms with van der Waals surface area (Å²) in [6, 6.07) is 10.4. The number of nitrogens with zero attached hydrogens (tertiary/aromatic N) is 2. The quantitative estimate of drug-likeness (QED) is 0.0626. The molecule has 4 aliphatic rings. The van der Waals surface area contributed by atoms with E-state index in [9.17, 15) is 13.6 Å². The average molecular weight is 1160 g/mol. The Balaban J connectivity index is 0.000000625. The fraction of sp³-hybridized carbons (Fsp3) is 0.636. The van der Waals surface area contributed by atoms with Crippen LogP contribution in [0.4, 0.5) is 20.2 Å². The largest absolute Gasteiger partial charge is 0.340 e. The minimum Gasteiger partial charge on any atom is -0.340 e. The molecular weight excluding hydrogens is 1030 g/mol. The molecular formula is C77H127F2N4O+. The molecule has 0 aromatic heterocycles. The van der Waals surface area contributed by atoms with Gasteiger partial charge in [-0.1, -0.05) is 223 Å². The van der Waals surface area contributed by atoms with E-state index >= 15 is 0 Å². The maximum atomic E-state index is 13.2. The molecule has 1 saturated carbocycles. The Hall–Kier alpha value is -4.78. The Morgan fingerprint density at radius 3 is 1.88 bits per heavy atom. The average Bonchev–Trinajstić information content (AvgIpc) is 4.31. The number of allylic oxidation sites excluding steroid dienone is 9. The number of piperidine rings is 1. The van der Waals surface area contributed by atoms with Gasteiger partial charge < -0.3 is 15.5 Å². The number of rotatable bonds is 24. The smallest absolute Gasteiger partial charge is 0.224 e. The number of aryl methyl sites for hydroxylation is 1. The summed E-state index contributed by atoms with van der Waals surface area (Å²) in [5, 5.41) is 6.21. The first-order valence-electron chi connectivity index (χ1n) is 33.7. The molecule has 6 rings (SSSR count). The molecule has 3 aliphatic heterocycles. The summed E-state index contributed by atoms with van der Waals surface area (Å²) in [6.07, 6.45) is 36.5. The number of carbonyl (C=O) groups excluding carboxylic acids is 1. The van der Waals surface area contributed by atoms with E-state index in [2.05, 4.69) is 201 Å². The zero-order valence-electron chi connectivity index (χ0n) is 57.5. The maximum absolute atomic E-state index is 13.2. The van der Waals surface area contributed by atoms with Crippen molar-refractivity contribution in [3.63, 3.8) is 0 Å². The molecule has 1 saturated heterocycles. The number of benzene rings is 2. The molecule has 0 bridgehead atoms. The number of anilines is 2.